The first-order valence-corrected chi connectivity index (χ1v) is 12.7. The standard InChI is InChI=1S/C22H34N4O4S/c1-3-31(28)26-14-12-24(13-15-26)20-5-4-19(16-23-20)29-17-18-6-10-25(11-7-18)21(27)30-22(2)8-9-22/h4-5,16,18H,3,6-15,17H2,1-2H3. The number of aromatic nitrogens is 1. The number of piperidine rings is 1. The molecule has 172 valence electrons. The molecule has 8 nitrogen and oxygen atoms in total. The van der Waals surface area contributed by atoms with Crippen molar-refractivity contribution >= 4 is 22.9 Å². The van der Waals surface area contributed by atoms with Crippen molar-refractivity contribution in [1.82, 2.24) is 14.2 Å². The maximum Gasteiger partial charge on any atom is 0.410 e. The molecular weight excluding hydrogens is 416 g/mol. The van der Waals surface area contributed by atoms with Crippen LogP contribution < -0.4 is 9.64 Å². The van der Waals surface area contributed by atoms with Gasteiger partial charge in [-0.25, -0.2) is 18.3 Å². The van der Waals surface area contributed by atoms with Crippen molar-refractivity contribution in [1.29, 1.82) is 0 Å². The second-order valence-electron chi connectivity index (χ2n) is 8.94. The molecule has 2 aliphatic heterocycles. The minimum Gasteiger partial charge on any atom is -0.492 e. The van der Waals surface area contributed by atoms with E-state index in [2.05, 4.69) is 9.88 Å². The Hall–Kier alpha value is -1.87. The molecule has 9 heteroatoms. The summed E-state index contributed by atoms with van der Waals surface area (Å²) in [5.74, 6) is 2.82. The van der Waals surface area contributed by atoms with Crippen LogP contribution in [0.25, 0.3) is 0 Å². The van der Waals surface area contributed by atoms with Crippen LogP contribution in [0.3, 0.4) is 0 Å². The van der Waals surface area contributed by atoms with E-state index >= 15 is 0 Å². The highest BCUT2D eigenvalue weighted by atomic mass is 32.2. The molecule has 31 heavy (non-hydrogen) atoms. The topological polar surface area (TPSA) is 75.2 Å². The Bertz CT molecular complexity index is 770. The minimum atomic E-state index is -0.863. The Balaban J connectivity index is 1.17. The zero-order valence-corrected chi connectivity index (χ0v) is 19.4. The summed E-state index contributed by atoms with van der Waals surface area (Å²) in [6.07, 6.45) is 5.44. The van der Waals surface area contributed by atoms with E-state index in [1.165, 1.54) is 0 Å². The smallest absolute Gasteiger partial charge is 0.410 e. The molecule has 0 spiro atoms. The lowest BCUT2D eigenvalue weighted by Crippen LogP contribution is -2.47. The number of hydrogen-bond donors (Lipinski definition) is 0. The number of ether oxygens (including phenoxy) is 2. The van der Waals surface area contributed by atoms with Crippen molar-refractivity contribution in [2.45, 2.75) is 45.1 Å². The molecule has 3 aliphatic rings. The van der Waals surface area contributed by atoms with E-state index < -0.39 is 11.0 Å². The fraction of sp³-hybridized carbons (Fsp3) is 0.727. The lowest BCUT2D eigenvalue weighted by Gasteiger charge is -2.34. The Morgan fingerprint density at radius 1 is 1.16 bits per heavy atom. The maximum atomic E-state index is 12.2. The Morgan fingerprint density at radius 2 is 1.87 bits per heavy atom. The van der Waals surface area contributed by atoms with Crippen LogP contribution in [0, 0.1) is 5.92 Å². The molecular formula is C22H34N4O4S. The van der Waals surface area contributed by atoms with Crippen LogP contribution in [-0.2, 0) is 15.7 Å². The molecule has 1 aliphatic carbocycles. The quantitative estimate of drug-likeness (QED) is 0.636. The monoisotopic (exact) mass is 450 g/mol. The normalized spacial score (nSPS) is 22.8. The summed E-state index contributed by atoms with van der Waals surface area (Å²) in [6, 6.07) is 3.97. The third-order valence-electron chi connectivity index (χ3n) is 6.46. The summed E-state index contributed by atoms with van der Waals surface area (Å²) >= 11 is 0. The number of rotatable bonds is 7. The van der Waals surface area contributed by atoms with Gasteiger partial charge in [-0.05, 0) is 50.7 Å². The van der Waals surface area contributed by atoms with Gasteiger partial charge < -0.3 is 19.3 Å². The first-order chi connectivity index (χ1) is 15.0. The summed E-state index contributed by atoms with van der Waals surface area (Å²) in [5, 5.41) is 0. The van der Waals surface area contributed by atoms with Crippen molar-refractivity contribution in [3.8, 4) is 5.75 Å². The molecule has 2 saturated heterocycles. The fourth-order valence-electron chi connectivity index (χ4n) is 4.00. The second-order valence-corrected chi connectivity index (χ2v) is 10.7. The van der Waals surface area contributed by atoms with E-state index in [0.29, 0.717) is 18.3 Å². The molecule has 0 N–H and O–H groups in total. The third-order valence-corrected chi connectivity index (χ3v) is 7.90. The summed E-state index contributed by atoms with van der Waals surface area (Å²) in [4.78, 5) is 20.8. The van der Waals surface area contributed by atoms with Crippen LogP contribution >= 0.6 is 0 Å². The number of carbonyl (C=O) groups excluding carboxylic acids is 1. The van der Waals surface area contributed by atoms with Crippen molar-refractivity contribution in [2.75, 3.05) is 56.5 Å². The van der Waals surface area contributed by atoms with E-state index in [9.17, 15) is 9.00 Å². The molecule has 0 aromatic carbocycles. The highest BCUT2D eigenvalue weighted by molar-refractivity contribution is 7.82. The van der Waals surface area contributed by atoms with Gasteiger partial charge in [0.05, 0.1) is 23.8 Å². The molecule has 0 radical (unpaired) electrons. The number of hydrogen-bond acceptors (Lipinski definition) is 6. The molecule has 3 heterocycles. The van der Waals surface area contributed by atoms with Gasteiger partial charge in [-0.15, -0.1) is 0 Å². The average molecular weight is 451 g/mol. The van der Waals surface area contributed by atoms with E-state index in [4.69, 9.17) is 9.47 Å². The van der Waals surface area contributed by atoms with E-state index in [0.717, 1.165) is 76.5 Å². The average Bonchev–Trinajstić information content (AvgIpc) is 3.54. The number of amides is 1. The largest absolute Gasteiger partial charge is 0.492 e. The minimum absolute atomic E-state index is 0.166. The summed E-state index contributed by atoms with van der Waals surface area (Å²) in [7, 11) is -0.863. The van der Waals surface area contributed by atoms with Gasteiger partial charge in [-0.3, -0.25) is 0 Å². The molecule has 1 amide bonds. The highest BCUT2D eigenvalue weighted by Gasteiger charge is 2.43. The number of likely N-dealkylation sites (tertiary alicyclic amines) is 1. The first-order valence-electron chi connectivity index (χ1n) is 11.4. The summed E-state index contributed by atoms with van der Waals surface area (Å²) in [5.41, 5.74) is -0.210. The highest BCUT2D eigenvalue weighted by Crippen LogP contribution is 2.39. The number of pyridine rings is 1. The van der Waals surface area contributed by atoms with Gasteiger partial charge in [-0.1, -0.05) is 6.92 Å². The molecule has 0 bridgehead atoms. The van der Waals surface area contributed by atoms with Gasteiger partial charge in [-0.2, -0.15) is 0 Å². The predicted molar refractivity (Wildman–Crippen MR) is 121 cm³/mol. The Morgan fingerprint density at radius 3 is 2.45 bits per heavy atom. The first kappa shape index (κ1) is 22.3. The molecule has 3 fully saturated rings. The van der Waals surface area contributed by atoms with E-state index in [1.807, 2.05) is 35.2 Å². The molecule has 1 saturated carbocycles. The summed E-state index contributed by atoms with van der Waals surface area (Å²) in [6.45, 7) is 9.32. The van der Waals surface area contributed by atoms with Crippen LogP contribution in [0.1, 0.15) is 39.5 Å². The van der Waals surface area contributed by atoms with E-state index in [-0.39, 0.29) is 11.7 Å². The lowest BCUT2D eigenvalue weighted by atomic mass is 9.98. The van der Waals surface area contributed by atoms with Gasteiger partial charge in [0.15, 0.2) is 0 Å². The zero-order valence-electron chi connectivity index (χ0n) is 18.6. The van der Waals surface area contributed by atoms with Crippen LogP contribution in [0.2, 0.25) is 0 Å². The molecule has 1 unspecified atom stereocenters. The number of piperazine rings is 1. The number of carbonyl (C=O) groups is 1. The number of nitrogens with zero attached hydrogens (tertiary/aromatic N) is 4. The van der Waals surface area contributed by atoms with Gasteiger partial charge in [0.25, 0.3) is 0 Å². The Labute approximate surface area is 187 Å². The Kier molecular flexibility index (Phi) is 7.01. The summed E-state index contributed by atoms with van der Waals surface area (Å²) < 4.78 is 25.5. The third kappa shape index (κ3) is 5.88. The maximum absolute atomic E-state index is 12.2. The van der Waals surface area contributed by atoms with Crippen molar-refractivity contribution < 1.29 is 18.5 Å². The van der Waals surface area contributed by atoms with E-state index in [1.54, 1.807) is 6.20 Å². The van der Waals surface area contributed by atoms with Crippen LogP contribution in [0.15, 0.2) is 18.3 Å². The van der Waals surface area contributed by atoms with Crippen LogP contribution in [0.5, 0.6) is 5.75 Å². The van der Waals surface area contributed by atoms with Crippen molar-refractivity contribution in [3.05, 3.63) is 18.3 Å². The fourth-order valence-corrected chi connectivity index (χ4v) is 4.93. The lowest BCUT2D eigenvalue weighted by molar-refractivity contribution is 0.0456. The SMILES string of the molecule is CCS(=O)N1CCN(c2ccc(OCC3CCN(C(=O)OC4(C)CC4)CC3)cn2)CC1. The molecule has 1 aromatic heterocycles. The molecule has 4 rings (SSSR count). The van der Waals surface area contributed by atoms with Crippen molar-refractivity contribution in [2.24, 2.45) is 5.92 Å². The second kappa shape index (κ2) is 9.73. The van der Waals surface area contributed by atoms with Gasteiger partial charge >= 0.3 is 6.09 Å². The number of anilines is 1. The van der Waals surface area contributed by atoms with Crippen molar-refractivity contribution in [3.63, 3.8) is 0 Å². The van der Waals surface area contributed by atoms with Gasteiger partial charge in [0.1, 0.15) is 17.2 Å². The van der Waals surface area contributed by atoms with Crippen LogP contribution in [0.4, 0.5) is 10.6 Å². The van der Waals surface area contributed by atoms with Crippen LogP contribution in [-0.4, -0.2) is 81.7 Å². The predicted octanol–water partition coefficient (Wildman–Crippen LogP) is 2.67. The molecule has 1 atom stereocenters. The van der Waals surface area contributed by atoms with Gasteiger partial charge in [0.2, 0.25) is 0 Å². The van der Waals surface area contributed by atoms with Gasteiger partial charge in [0, 0.05) is 45.0 Å². The molecule has 1 aromatic rings. The zero-order chi connectivity index (χ0) is 21.8.